The Morgan fingerprint density at radius 2 is 1.93 bits per heavy atom. The molecule has 9 nitrogen and oxygen atoms in total. The van der Waals surface area contributed by atoms with Crippen molar-refractivity contribution in [3.8, 4) is 5.69 Å². The Hall–Kier alpha value is -4.13. The lowest BCUT2D eigenvalue weighted by Crippen LogP contribution is -2.46. The van der Waals surface area contributed by atoms with E-state index in [0.717, 1.165) is 18.3 Å². The van der Waals surface area contributed by atoms with E-state index in [1.54, 1.807) is 30.1 Å². The molecule has 6 rings (SSSR count). The van der Waals surface area contributed by atoms with E-state index in [4.69, 9.17) is 0 Å². The molecule has 0 unspecified atom stereocenters. The molecule has 0 spiro atoms. The highest BCUT2D eigenvalue weighted by atomic mass is 32.2. The molecule has 3 heterocycles. The zero-order valence-electron chi connectivity index (χ0n) is 21.2. The number of aromatic nitrogens is 6. The van der Waals surface area contributed by atoms with Gasteiger partial charge in [0.25, 0.3) is 11.6 Å². The molecule has 1 fully saturated rings. The quantitative estimate of drug-likeness (QED) is 0.319. The molecule has 40 heavy (non-hydrogen) atoms. The highest BCUT2D eigenvalue weighted by Crippen LogP contribution is 2.51. The van der Waals surface area contributed by atoms with Crippen molar-refractivity contribution >= 4 is 21.7 Å². The number of carbonyl (C=O) groups excluding carboxylic acids is 1. The third-order valence-corrected chi connectivity index (χ3v) is 9.64. The number of fused-ring (bicyclic) bond motifs is 2. The van der Waals surface area contributed by atoms with Gasteiger partial charge in [-0.2, -0.15) is 5.10 Å². The normalized spacial score (nSPS) is 20.6. The maximum Gasteiger partial charge on any atom is 0.267 e. The standard InChI is InChI=1S/C27H23F3N6O3S/c1-35-15-32-26(34-35)40(38,39)21-7-2-18-11-23-17(14-33-36(23)20-5-3-19(28)4-6-20)12-27(18,13-21)24(37)22-10-16(25(29)30)8-9-31-22/h3-6,8-11,14-15,21,25H,2,7,12-13H2,1H3/t21-,27-/m0/s1. The molecule has 2 atom stereocenters. The van der Waals surface area contributed by atoms with Gasteiger partial charge in [-0.15, -0.1) is 5.10 Å². The Bertz CT molecular complexity index is 1760. The number of Topliss-reactive ketones (excluding diaryl/α,β-unsaturated/α-hetero) is 1. The van der Waals surface area contributed by atoms with Gasteiger partial charge in [0.1, 0.15) is 17.8 Å². The van der Waals surface area contributed by atoms with Gasteiger partial charge in [-0.25, -0.2) is 31.3 Å². The zero-order valence-corrected chi connectivity index (χ0v) is 22.0. The molecule has 2 aliphatic carbocycles. The number of benzene rings is 1. The van der Waals surface area contributed by atoms with E-state index in [1.807, 2.05) is 6.08 Å². The third-order valence-electron chi connectivity index (χ3n) is 7.66. The fourth-order valence-electron chi connectivity index (χ4n) is 5.67. The first-order valence-electron chi connectivity index (χ1n) is 12.5. The summed E-state index contributed by atoms with van der Waals surface area (Å²) in [5, 5.41) is 7.13. The summed E-state index contributed by atoms with van der Waals surface area (Å²) in [6.07, 6.45) is 3.51. The molecule has 0 aliphatic heterocycles. The summed E-state index contributed by atoms with van der Waals surface area (Å²) in [7, 11) is -2.45. The number of rotatable bonds is 6. The van der Waals surface area contributed by atoms with E-state index in [-0.39, 0.29) is 42.1 Å². The number of carbonyl (C=O) groups is 1. The smallest absolute Gasteiger partial charge is 0.267 e. The van der Waals surface area contributed by atoms with Gasteiger partial charge >= 0.3 is 0 Å². The number of sulfone groups is 1. The van der Waals surface area contributed by atoms with E-state index in [2.05, 4.69) is 20.2 Å². The Morgan fingerprint density at radius 3 is 2.62 bits per heavy atom. The molecule has 13 heteroatoms. The molecule has 0 bridgehead atoms. The third kappa shape index (κ3) is 4.24. The second-order valence-corrected chi connectivity index (χ2v) is 12.2. The van der Waals surface area contributed by atoms with Crippen molar-refractivity contribution in [3.05, 3.63) is 89.0 Å². The molecular weight excluding hydrogens is 545 g/mol. The number of hydrogen-bond donors (Lipinski definition) is 0. The molecule has 206 valence electrons. The molecule has 3 aromatic heterocycles. The first kappa shape index (κ1) is 26.1. The van der Waals surface area contributed by atoms with Crippen molar-refractivity contribution < 1.29 is 26.4 Å². The number of pyridine rings is 1. The van der Waals surface area contributed by atoms with Gasteiger partial charge in [0.2, 0.25) is 9.84 Å². The number of aryl methyl sites for hydroxylation is 1. The minimum atomic E-state index is -4.01. The molecular formula is C27H23F3N6O3S. The SMILES string of the molecule is Cn1cnc(S(=O)(=O)[C@H]2CCC3=Cc4c(cnn4-c4ccc(F)cc4)C[C@]3(C(=O)c3cc(C(F)F)ccn3)C2)n1. The maximum absolute atomic E-state index is 14.2. The van der Waals surface area contributed by atoms with Crippen molar-refractivity contribution in [1.82, 2.24) is 29.5 Å². The van der Waals surface area contributed by atoms with Crippen molar-refractivity contribution in [1.29, 1.82) is 0 Å². The molecule has 0 N–H and O–H groups in total. The predicted molar refractivity (Wildman–Crippen MR) is 137 cm³/mol. The van der Waals surface area contributed by atoms with Crippen LogP contribution in [0.2, 0.25) is 0 Å². The summed E-state index contributed by atoms with van der Waals surface area (Å²) in [5.41, 5.74) is 0.765. The van der Waals surface area contributed by atoms with Crippen molar-refractivity contribution in [2.75, 3.05) is 0 Å². The van der Waals surface area contributed by atoms with Crippen LogP contribution in [0.3, 0.4) is 0 Å². The Kier molecular flexibility index (Phi) is 6.21. The van der Waals surface area contributed by atoms with E-state index in [0.29, 0.717) is 22.5 Å². The number of ketones is 1. The van der Waals surface area contributed by atoms with Crippen LogP contribution < -0.4 is 0 Å². The summed E-state index contributed by atoms with van der Waals surface area (Å²) in [5.74, 6) is -0.927. The molecule has 4 aromatic rings. The van der Waals surface area contributed by atoms with Gasteiger partial charge in [-0.05, 0) is 73.7 Å². The largest absolute Gasteiger partial charge is 0.291 e. The molecule has 1 saturated carbocycles. The topological polar surface area (TPSA) is 113 Å². The van der Waals surface area contributed by atoms with Gasteiger partial charge in [0.05, 0.1) is 28.2 Å². The fraction of sp³-hybridized carbons (Fsp3) is 0.296. The Morgan fingerprint density at radius 1 is 1.15 bits per heavy atom. The average Bonchev–Trinajstić information content (AvgIpc) is 3.57. The number of hydrogen-bond acceptors (Lipinski definition) is 7. The van der Waals surface area contributed by atoms with E-state index >= 15 is 0 Å². The average molecular weight is 569 g/mol. The van der Waals surface area contributed by atoms with Crippen LogP contribution >= 0.6 is 0 Å². The van der Waals surface area contributed by atoms with Crippen LogP contribution in [0.25, 0.3) is 11.8 Å². The van der Waals surface area contributed by atoms with Crippen LogP contribution in [-0.4, -0.2) is 49.0 Å². The van der Waals surface area contributed by atoms with Crippen molar-refractivity contribution in [2.24, 2.45) is 12.5 Å². The highest BCUT2D eigenvalue weighted by Gasteiger charge is 2.52. The molecule has 2 aliphatic rings. The lowest BCUT2D eigenvalue weighted by molar-refractivity contribution is 0.0796. The van der Waals surface area contributed by atoms with Crippen LogP contribution in [-0.2, 0) is 23.3 Å². The van der Waals surface area contributed by atoms with Crippen LogP contribution in [0, 0.1) is 11.2 Å². The van der Waals surface area contributed by atoms with Crippen molar-refractivity contribution in [3.63, 3.8) is 0 Å². The summed E-state index contributed by atoms with van der Waals surface area (Å²) in [6.45, 7) is 0. The van der Waals surface area contributed by atoms with Crippen LogP contribution in [0.1, 0.15) is 53.0 Å². The first-order valence-corrected chi connectivity index (χ1v) is 14.1. The minimum absolute atomic E-state index is 0.0937. The number of allylic oxidation sites excluding steroid dienone is 1. The summed E-state index contributed by atoms with van der Waals surface area (Å²) in [4.78, 5) is 22.3. The van der Waals surface area contributed by atoms with Gasteiger partial charge in [-0.1, -0.05) is 5.57 Å². The highest BCUT2D eigenvalue weighted by molar-refractivity contribution is 7.91. The van der Waals surface area contributed by atoms with E-state index in [9.17, 15) is 26.4 Å². The Balaban J connectivity index is 1.46. The van der Waals surface area contributed by atoms with Gasteiger partial charge in [-0.3, -0.25) is 14.5 Å². The van der Waals surface area contributed by atoms with Gasteiger partial charge < -0.3 is 0 Å². The van der Waals surface area contributed by atoms with E-state index < -0.39 is 38.5 Å². The molecule has 0 radical (unpaired) electrons. The van der Waals surface area contributed by atoms with Crippen LogP contribution in [0.4, 0.5) is 13.2 Å². The summed E-state index contributed by atoms with van der Waals surface area (Å²) >= 11 is 0. The fourth-order valence-corrected chi connectivity index (χ4v) is 7.34. The predicted octanol–water partition coefficient (Wildman–Crippen LogP) is 4.31. The van der Waals surface area contributed by atoms with Crippen molar-refractivity contribution in [2.45, 2.75) is 42.5 Å². The monoisotopic (exact) mass is 568 g/mol. The van der Waals surface area contributed by atoms with E-state index in [1.165, 1.54) is 23.1 Å². The van der Waals surface area contributed by atoms with Gasteiger partial charge in [0.15, 0.2) is 5.78 Å². The zero-order chi connectivity index (χ0) is 28.2. The first-order chi connectivity index (χ1) is 19.1. The summed E-state index contributed by atoms with van der Waals surface area (Å²) in [6, 6.07) is 8.00. The number of alkyl halides is 2. The summed E-state index contributed by atoms with van der Waals surface area (Å²) < 4.78 is 70.6. The lowest BCUT2D eigenvalue weighted by atomic mass is 9.61. The number of halogens is 3. The minimum Gasteiger partial charge on any atom is -0.291 e. The molecule has 0 amide bonds. The second kappa shape index (κ2) is 9.51. The molecule has 1 aromatic carbocycles. The lowest BCUT2D eigenvalue weighted by Gasteiger charge is -2.43. The van der Waals surface area contributed by atoms with Crippen LogP contribution in [0.5, 0.6) is 0 Å². The second-order valence-electron chi connectivity index (χ2n) is 10.1. The maximum atomic E-state index is 14.2. The number of nitrogens with zero attached hydrogens (tertiary/aromatic N) is 6. The Labute approximate surface area is 227 Å². The van der Waals surface area contributed by atoms with Gasteiger partial charge in [0, 0.05) is 18.8 Å². The van der Waals surface area contributed by atoms with Crippen LogP contribution in [0.15, 0.2) is 65.8 Å². The molecule has 0 saturated heterocycles.